The summed E-state index contributed by atoms with van der Waals surface area (Å²) in [6, 6.07) is 19.2. The molecule has 0 aliphatic heterocycles. The lowest BCUT2D eigenvalue weighted by Gasteiger charge is -2.17. The normalized spacial score (nSPS) is 11.1. The molecule has 2 aromatic carbocycles. The molecule has 2 aromatic rings. The van der Waals surface area contributed by atoms with Crippen LogP contribution < -0.4 is 4.74 Å². The molecule has 0 radical (unpaired) electrons. The minimum Gasteiger partial charge on any atom is -0.494 e. The number of benzene rings is 2. The number of hydrogen-bond donors (Lipinski definition) is 0. The van der Waals surface area contributed by atoms with E-state index in [2.05, 4.69) is 73.5 Å². The van der Waals surface area contributed by atoms with E-state index in [1.807, 2.05) is 0 Å². The number of hydrogen-bond acceptors (Lipinski definition) is 2. The standard InChI is InChI=1S/C27H41NO/c1-3-4-5-6-7-8-9-10-11-15-22-29-27-20-18-26(19-21-27)24-28(2)23-25-16-13-12-14-17-25/h12-14,16-21H,3-11,15,22-24H2,1-2H3. The van der Waals surface area contributed by atoms with Crippen LogP contribution in [-0.4, -0.2) is 18.6 Å². The number of unbranched alkanes of at least 4 members (excludes halogenated alkanes) is 9. The van der Waals surface area contributed by atoms with E-state index in [0.717, 1.165) is 31.9 Å². The van der Waals surface area contributed by atoms with Crippen molar-refractivity contribution in [3.05, 3.63) is 65.7 Å². The summed E-state index contributed by atoms with van der Waals surface area (Å²) < 4.78 is 5.92. The third kappa shape index (κ3) is 11.1. The van der Waals surface area contributed by atoms with Gasteiger partial charge in [-0.05, 0) is 36.7 Å². The quantitative estimate of drug-likeness (QED) is 0.271. The second-order valence-electron chi connectivity index (χ2n) is 8.33. The lowest BCUT2D eigenvalue weighted by atomic mass is 10.1. The van der Waals surface area contributed by atoms with Gasteiger partial charge < -0.3 is 4.74 Å². The first-order valence-electron chi connectivity index (χ1n) is 11.7. The van der Waals surface area contributed by atoms with Gasteiger partial charge in [-0.25, -0.2) is 0 Å². The Hall–Kier alpha value is -1.80. The molecule has 0 aliphatic rings. The monoisotopic (exact) mass is 395 g/mol. The summed E-state index contributed by atoms with van der Waals surface area (Å²) in [6.45, 7) is 5.04. The number of ether oxygens (including phenoxy) is 1. The molecule has 0 saturated heterocycles. The van der Waals surface area contributed by atoms with Gasteiger partial charge in [-0.15, -0.1) is 0 Å². The Bertz CT molecular complexity index is 623. The third-order valence-corrected chi connectivity index (χ3v) is 5.44. The van der Waals surface area contributed by atoms with Gasteiger partial charge >= 0.3 is 0 Å². The van der Waals surface area contributed by atoms with Crippen LogP contribution in [0.3, 0.4) is 0 Å². The van der Waals surface area contributed by atoms with E-state index >= 15 is 0 Å². The first kappa shape index (κ1) is 23.5. The highest BCUT2D eigenvalue weighted by molar-refractivity contribution is 5.27. The summed E-state index contributed by atoms with van der Waals surface area (Å²) in [4.78, 5) is 2.34. The Morgan fingerprint density at radius 3 is 1.72 bits per heavy atom. The maximum Gasteiger partial charge on any atom is 0.119 e. The van der Waals surface area contributed by atoms with Crippen molar-refractivity contribution in [3.8, 4) is 5.75 Å². The molecule has 0 atom stereocenters. The van der Waals surface area contributed by atoms with Gasteiger partial charge in [0.1, 0.15) is 5.75 Å². The highest BCUT2D eigenvalue weighted by Crippen LogP contribution is 2.16. The zero-order valence-corrected chi connectivity index (χ0v) is 18.7. The molecule has 0 heterocycles. The Labute approximate surface area is 179 Å². The average molecular weight is 396 g/mol. The van der Waals surface area contributed by atoms with Crippen molar-refractivity contribution in [3.63, 3.8) is 0 Å². The van der Waals surface area contributed by atoms with Crippen molar-refractivity contribution in [2.75, 3.05) is 13.7 Å². The third-order valence-electron chi connectivity index (χ3n) is 5.44. The Morgan fingerprint density at radius 1 is 0.621 bits per heavy atom. The van der Waals surface area contributed by atoms with Gasteiger partial charge in [-0.3, -0.25) is 4.90 Å². The minimum absolute atomic E-state index is 0.837. The molecule has 0 saturated carbocycles. The van der Waals surface area contributed by atoms with E-state index in [1.165, 1.54) is 68.9 Å². The minimum atomic E-state index is 0.837. The van der Waals surface area contributed by atoms with Crippen LogP contribution in [0.15, 0.2) is 54.6 Å². The maximum atomic E-state index is 5.92. The smallest absolute Gasteiger partial charge is 0.119 e. The van der Waals surface area contributed by atoms with Crippen LogP contribution in [0.1, 0.15) is 82.3 Å². The molecule has 0 spiro atoms. The SMILES string of the molecule is CCCCCCCCCCCCOc1ccc(CN(C)Cc2ccccc2)cc1. The van der Waals surface area contributed by atoms with E-state index in [4.69, 9.17) is 4.74 Å². The lowest BCUT2D eigenvalue weighted by Crippen LogP contribution is -2.17. The zero-order chi connectivity index (χ0) is 20.6. The zero-order valence-electron chi connectivity index (χ0n) is 18.7. The summed E-state index contributed by atoms with van der Waals surface area (Å²) in [5.74, 6) is 0.996. The highest BCUT2D eigenvalue weighted by Gasteiger charge is 2.02. The van der Waals surface area contributed by atoms with Crippen molar-refractivity contribution in [1.29, 1.82) is 0 Å². The average Bonchev–Trinajstić information content (AvgIpc) is 2.74. The van der Waals surface area contributed by atoms with Gasteiger partial charge in [0.05, 0.1) is 6.61 Å². The Kier molecular flexibility index (Phi) is 12.2. The van der Waals surface area contributed by atoms with Crippen molar-refractivity contribution in [2.45, 2.75) is 84.2 Å². The van der Waals surface area contributed by atoms with Gasteiger partial charge in [-0.1, -0.05) is 107 Å². The van der Waals surface area contributed by atoms with Crippen LogP contribution in [0.25, 0.3) is 0 Å². The molecule has 2 heteroatoms. The topological polar surface area (TPSA) is 12.5 Å². The van der Waals surface area contributed by atoms with Crippen LogP contribution >= 0.6 is 0 Å². The van der Waals surface area contributed by atoms with Gasteiger partial charge in [0.2, 0.25) is 0 Å². The summed E-state index contributed by atoms with van der Waals surface area (Å²) in [6.07, 6.45) is 13.6. The predicted molar refractivity (Wildman–Crippen MR) is 125 cm³/mol. The molecule has 0 bridgehead atoms. The number of nitrogens with zero attached hydrogens (tertiary/aromatic N) is 1. The molecule has 29 heavy (non-hydrogen) atoms. The molecule has 0 unspecified atom stereocenters. The van der Waals surface area contributed by atoms with Crippen LogP contribution in [-0.2, 0) is 13.1 Å². The van der Waals surface area contributed by atoms with Crippen molar-refractivity contribution in [2.24, 2.45) is 0 Å². The molecular formula is C27H41NO. The summed E-state index contributed by atoms with van der Waals surface area (Å²) in [5.41, 5.74) is 2.68. The van der Waals surface area contributed by atoms with Gasteiger partial charge in [-0.2, -0.15) is 0 Å². The molecule has 160 valence electrons. The fraction of sp³-hybridized carbons (Fsp3) is 0.556. The summed E-state index contributed by atoms with van der Waals surface area (Å²) >= 11 is 0. The van der Waals surface area contributed by atoms with E-state index in [0.29, 0.717) is 0 Å². The molecule has 0 amide bonds. The Morgan fingerprint density at radius 2 is 1.14 bits per heavy atom. The predicted octanol–water partition coefficient (Wildman–Crippen LogP) is 7.62. The first-order valence-corrected chi connectivity index (χ1v) is 11.7. The van der Waals surface area contributed by atoms with E-state index in [1.54, 1.807) is 0 Å². The van der Waals surface area contributed by atoms with Crippen molar-refractivity contribution >= 4 is 0 Å². The Balaban J connectivity index is 1.51. The van der Waals surface area contributed by atoms with Gasteiger partial charge in [0.15, 0.2) is 0 Å². The van der Waals surface area contributed by atoms with Crippen LogP contribution in [0.5, 0.6) is 5.75 Å². The largest absolute Gasteiger partial charge is 0.494 e. The van der Waals surface area contributed by atoms with Crippen LogP contribution in [0.4, 0.5) is 0 Å². The first-order chi connectivity index (χ1) is 14.3. The second kappa shape index (κ2) is 15.1. The lowest BCUT2D eigenvalue weighted by molar-refractivity contribution is 0.303. The highest BCUT2D eigenvalue weighted by atomic mass is 16.5. The van der Waals surface area contributed by atoms with Crippen molar-refractivity contribution < 1.29 is 4.74 Å². The molecule has 0 aliphatic carbocycles. The summed E-state index contributed by atoms with van der Waals surface area (Å²) in [7, 11) is 2.17. The van der Waals surface area contributed by atoms with E-state index in [-0.39, 0.29) is 0 Å². The molecular weight excluding hydrogens is 354 g/mol. The molecule has 0 fully saturated rings. The van der Waals surface area contributed by atoms with Crippen LogP contribution in [0.2, 0.25) is 0 Å². The fourth-order valence-corrected chi connectivity index (χ4v) is 3.73. The van der Waals surface area contributed by atoms with Crippen LogP contribution in [0, 0.1) is 0 Å². The molecule has 2 nitrogen and oxygen atoms in total. The fourth-order valence-electron chi connectivity index (χ4n) is 3.73. The molecule has 2 rings (SSSR count). The van der Waals surface area contributed by atoms with E-state index < -0.39 is 0 Å². The van der Waals surface area contributed by atoms with Crippen molar-refractivity contribution in [1.82, 2.24) is 4.90 Å². The van der Waals surface area contributed by atoms with Gasteiger partial charge in [0, 0.05) is 13.1 Å². The molecule has 0 N–H and O–H groups in total. The molecule has 0 aromatic heterocycles. The van der Waals surface area contributed by atoms with E-state index in [9.17, 15) is 0 Å². The summed E-state index contributed by atoms with van der Waals surface area (Å²) in [5, 5.41) is 0. The number of rotatable bonds is 16. The maximum absolute atomic E-state index is 5.92. The second-order valence-corrected chi connectivity index (χ2v) is 8.33. The van der Waals surface area contributed by atoms with Gasteiger partial charge in [0.25, 0.3) is 0 Å².